The summed E-state index contributed by atoms with van der Waals surface area (Å²) in [5.41, 5.74) is 0.548. The summed E-state index contributed by atoms with van der Waals surface area (Å²) in [6.07, 6.45) is 3.49. The average Bonchev–Trinajstić information content (AvgIpc) is 2.86. The van der Waals surface area contributed by atoms with Crippen LogP contribution in [0.25, 0.3) is 0 Å². The molecule has 1 N–H and O–H groups in total. The number of urea groups is 1. The molecule has 1 aliphatic heterocycles. The van der Waals surface area contributed by atoms with Crippen molar-refractivity contribution in [3.05, 3.63) is 29.8 Å². The van der Waals surface area contributed by atoms with E-state index < -0.39 is 30.3 Å². The number of hydrogen-bond donors (Lipinski definition) is 1. The molecule has 1 aromatic carbocycles. The summed E-state index contributed by atoms with van der Waals surface area (Å²) < 4.78 is 0. The molecule has 8 heteroatoms. The van der Waals surface area contributed by atoms with Crippen molar-refractivity contribution >= 4 is 29.4 Å². The largest absolute Gasteiger partial charge is 0.334 e. The molecule has 0 unspecified atom stereocenters. The number of nitriles is 1. The number of hydrogen-bond acceptors (Lipinski definition) is 5. The summed E-state index contributed by atoms with van der Waals surface area (Å²) in [6.45, 7) is 1.39. The number of rotatable bonds is 4. The Hall–Kier alpha value is -3.21. The van der Waals surface area contributed by atoms with Gasteiger partial charge in [-0.1, -0.05) is 31.9 Å². The van der Waals surface area contributed by atoms with Gasteiger partial charge in [-0.15, -0.1) is 0 Å². The predicted molar refractivity (Wildman–Crippen MR) is 95.2 cm³/mol. The Bertz CT molecular complexity index is 844. The van der Waals surface area contributed by atoms with Crippen LogP contribution in [0.2, 0.25) is 0 Å². The van der Waals surface area contributed by atoms with Gasteiger partial charge < -0.3 is 5.32 Å². The van der Waals surface area contributed by atoms with Crippen LogP contribution in [-0.2, 0) is 14.4 Å². The van der Waals surface area contributed by atoms with Crippen molar-refractivity contribution in [3.8, 4) is 6.07 Å². The van der Waals surface area contributed by atoms with Crippen molar-refractivity contribution in [3.63, 3.8) is 0 Å². The van der Waals surface area contributed by atoms with Crippen molar-refractivity contribution in [2.75, 3.05) is 11.9 Å². The molecule has 27 heavy (non-hydrogen) atoms. The second kappa shape index (κ2) is 7.58. The Morgan fingerprint density at radius 1 is 1.19 bits per heavy atom. The highest BCUT2D eigenvalue weighted by Crippen LogP contribution is 2.31. The first-order valence-electron chi connectivity index (χ1n) is 8.92. The van der Waals surface area contributed by atoms with Crippen molar-refractivity contribution in [1.29, 1.82) is 5.26 Å². The van der Waals surface area contributed by atoms with Gasteiger partial charge in [-0.2, -0.15) is 5.26 Å². The van der Waals surface area contributed by atoms with E-state index in [0.29, 0.717) is 11.3 Å². The zero-order valence-electron chi connectivity index (χ0n) is 15.0. The first-order chi connectivity index (χ1) is 12.9. The van der Waals surface area contributed by atoms with Crippen molar-refractivity contribution < 1.29 is 19.2 Å². The lowest BCUT2D eigenvalue weighted by atomic mass is 9.85. The highest BCUT2D eigenvalue weighted by molar-refractivity contribution is 6.45. The minimum absolute atomic E-state index is 0.121. The molecule has 1 heterocycles. The number of amides is 5. The molecule has 0 bridgehead atoms. The Kier molecular flexibility index (Phi) is 5.21. The highest BCUT2D eigenvalue weighted by atomic mass is 16.2. The van der Waals surface area contributed by atoms with Crippen molar-refractivity contribution in [2.45, 2.75) is 38.6 Å². The predicted octanol–water partition coefficient (Wildman–Crippen LogP) is 1.87. The quantitative estimate of drug-likeness (QED) is 0.644. The topological polar surface area (TPSA) is 111 Å². The Balaban J connectivity index is 1.72. The zero-order chi connectivity index (χ0) is 19.6. The van der Waals surface area contributed by atoms with E-state index in [1.54, 1.807) is 18.2 Å². The van der Waals surface area contributed by atoms with Gasteiger partial charge in [-0.05, 0) is 30.9 Å². The van der Waals surface area contributed by atoms with E-state index >= 15 is 0 Å². The molecule has 0 spiro atoms. The zero-order valence-corrected chi connectivity index (χ0v) is 15.0. The fourth-order valence-corrected chi connectivity index (χ4v) is 3.66. The molecule has 1 saturated heterocycles. The third kappa shape index (κ3) is 3.53. The van der Waals surface area contributed by atoms with Crippen LogP contribution in [0.15, 0.2) is 24.3 Å². The van der Waals surface area contributed by atoms with Gasteiger partial charge in [0.15, 0.2) is 0 Å². The number of para-hydroxylation sites is 1. The van der Waals surface area contributed by atoms with Crippen LogP contribution in [0.1, 0.15) is 38.2 Å². The Labute approximate surface area is 156 Å². The lowest BCUT2D eigenvalue weighted by Crippen LogP contribution is -2.46. The van der Waals surface area contributed by atoms with Crippen LogP contribution >= 0.6 is 0 Å². The maximum Gasteiger partial charge on any atom is 0.334 e. The first kappa shape index (κ1) is 18.6. The van der Waals surface area contributed by atoms with E-state index in [1.165, 1.54) is 6.07 Å². The summed E-state index contributed by atoms with van der Waals surface area (Å²) in [7, 11) is 0. The van der Waals surface area contributed by atoms with Gasteiger partial charge in [-0.25, -0.2) is 9.69 Å². The van der Waals surface area contributed by atoms with Crippen LogP contribution in [0, 0.1) is 17.2 Å². The summed E-state index contributed by atoms with van der Waals surface area (Å²) in [5.74, 6) is -2.38. The molecule has 1 aliphatic carbocycles. The number of imide groups is 2. The molecule has 140 valence electrons. The molecule has 1 saturated carbocycles. The van der Waals surface area contributed by atoms with Gasteiger partial charge in [0.1, 0.15) is 12.6 Å². The molecular weight excluding hydrogens is 348 g/mol. The standard InChI is InChI=1S/C19H20N4O4/c1-12-6-2-5-9-15(12)23-18(26)17(25)22(19(23)27)11-16(24)21-14-8-4-3-7-13(14)10-20/h3-4,7-8,12,15H,2,5-6,9,11H2,1H3,(H,21,24)/t12-,15+/m1/s1. The number of carbonyl (C=O) groups is 4. The lowest BCUT2D eigenvalue weighted by Gasteiger charge is -2.34. The summed E-state index contributed by atoms with van der Waals surface area (Å²) in [6, 6.07) is 7.29. The minimum Gasteiger partial charge on any atom is -0.323 e. The molecule has 0 radical (unpaired) electrons. The molecule has 5 amide bonds. The van der Waals surface area contributed by atoms with Crippen molar-refractivity contribution in [1.82, 2.24) is 9.80 Å². The maximum atomic E-state index is 12.7. The normalized spacial score (nSPS) is 22.7. The number of anilines is 1. The number of carbonyl (C=O) groups excluding carboxylic acids is 4. The van der Waals surface area contributed by atoms with Crippen LogP contribution in [0.5, 0.6) is 0 Å². The molecule has 1 aromatic rings. The summed E-state index contributed by atoms with van der Waals surface area (Å²) in [4.78, 5) is 51.3. The van der Waals surface area contributed by atoms with Gasteiger partial charge in [0.25, 0.3) is 0 Å². The number of nitrogens with one attached hydrogen (secondary N) is 1. The highest BCUT2D eigenvalue weighted by Gasteiger charge is 2.49. The molecule has 0 aromatic heterocycles. The maximum absolute atomic E-state index is 12.7. The second-order valence-electron chi connectivity index (χ2n) is 6.88. The Morgan fingerprint density at radius 2 is 1.89 bits per heavy atom. The van der Waals surface area contributed by atoms with Crippen LogP contribution < -0.4 is 5.32 Å². The third-order valence-corrected chi connectivity index (χ3v) is 5.11. The second-order valence-corrected chi connectivity index (χ2v) is 6.88. The van der Waals surface area contributed by atoms with Crippen molar-refractivity contribution in [2.24, 2.45) is 5.92 Å². The monoisotopic (exact) mass is 368 g/mol. The summed E-state index contributed by atoms with van der Waals surface area (Å²) >= 11 is 0. The van der Waals surface area contributed by atoms with E-state index in [2.05, 4.69) is 5.32 Å². The molecule has 2 atom stereocenters. The van der Waals surface area contributed by atoms with Gasteiger partial charge in [0.2, 0.25) is 5.91 Å². The lowest BCUT2D eigenvalue weighted by molar-refractivity contribution is -0.145. The molecular formula is C19H20N4O4. The molecule has 2 fully saturated rings. The van der Waals surface area contributed by atoms with Crippen LogP contribution in [-0.4, -0.2) is 46.1 Å². The van der Waals surface area contributed by atoms with E-state index in [1.807, 2.05) is 13.0 Å². The van der Waals surface area contributed by atoms with Crippen LogP contribution in [0.3, 0.4) is 0 Å². The Morgan fingerprint density at radius 3 is 2.59 bits per heavy atom. The summed E-state index contributed by atoms with van der Waals surface area (Å²) in [5, 5.41) is 11.6. The van der Waals surface area contributed by atoms with E-state index in [9.17, 15) is 19.2 Å². The minimum atomic E-state index is -0.985. The van der Waals surface area contributed by atoms with E-state index in [-0.39, 0.29) is 23.2 Å². The first-order valence-corrected chi connectivity index (χ1v) is 8.92. The smallest absolute Gasteiger partial charge is 0.323 e. The molecule has 8 nitrogen and oxygen atoms in total. The van der Waals surface area contributed by atoms with E-state index in [0.717, 1.165) is 24.2 Å². The van der Waals surface area contributed by atoms with E-state index in [4.69, 9.17) is 5.26 Å². The van der Waals surface area contributed by atoms with Gasteiger partial charge in [0, 0.05) is 6.04 Å². The van der Waals surface area contributed by atoms with Gasteiger partial charge in [-0.3, -0.25) is 19.3 Å². The SMILES string of the molecule is C[C@@H]1CCCC[C@@H]1N1C(=O)C(=O)N(CC(=O)Nc2ccccc2C#N)C1=O. The fourth-order valence-electron chi connectivity index (χ4n) is 3.66. The number of nitrogens with zero attached hydrogens (tertiary/aromatic N) is 3. The van der Waals surface area contributed by atoms with Gasteiger partial charge >= 0.3 is 17.8 Å². The fraction of sp³-hybridized carbons (Fsp3) is 0.421. The molecule has 2 aliphatic rings. The third-order valence-electron chi connectivity index (χ3n) is 5.11. The average molecular weight is 368 g/mol. The molecule has 3 rings (SSSR count). The van der Waals surface area contributed by atoms with Gasteiger partial charge in [0.05, 0.1) is 11.3 Å². The number of benzene rings is 1. The van der Waals surface area contributed by atoms with Crippen LogP contribution in [0.4, 0.5) is 10.5 Å².